The van der Waals surface area contributed by atoms with E-state index in [1.54, 1.807) is 12.1 Å². The Morgan fingerprint density at radius 2 is 1.52 bits per heavy atom. The fourth-order valence-electron chi connectivity index (χ4n) is 2.74. The normalized spacial score (nSPS) is 13.2. The zero-order chi connectivity index (χ0) is 18.4. The minimum atomic E-state index is -3.39. The van der Waals surface area contributed by atoms with Crippen molar-refractivity contribution in [3.8, 4) is 0 Å². The van der Waals surface area contributed by atoms with Gasteiger partial charge in [-0.3, -0.25) is 0 Å². The molecule has 1 atom stereocenters. The maximum Gasteiger partial charge on any atom is 0.243 e. The minimum Gasteiger partial charge on any atom is -0.306 e. The van der Waals surface area contributed by atoms with Crippen molar-refractivity contribution < 1.29 is 8.42 Å². The second-order valence-electron chi connectivity index (χ2n) is 6.25. The molecule has 0 heterocycles. The summed E-state index contributed by atoms with van der Waals surface area (Å²) in [7, 11) is -3.39. The molecule has 2 aromatic rings. The Morgan fingerprint density at radius 3 is 2.04 bits per heavy atom. The molecule has 0 bridgehead atoms. The van der Waals surface area contributed by atoms with E-state index >= 15 is 0 Å². The van der Waals surface area contributed by atoms with E-state index in [4.69, 9.17) is 0 Å². The fourth-order valence-corrected chi connectivity index (χ4v) is 4.19. The van der Waals surface area contributed by atoms with Crippen LogP contribution in [0.15, 0.2) is 53.4 Å². The Hall–Kier alpha value is -1.69. The van der Waals surface area contributed by atoms with Crippen LogP contribution in [0.4, 0.5) is 0 Å². The second-order valence-corrected chi connectivity index (χ2v) is 8.18. The molecule has 0 amide bonds. The van der Waals surface area contributed by atoms with Gasteiger partial charge >= 0.3 is 0 Å². The highest BCUT2D eigenvalue weighted by atomic mass is 32.2. The lowest BCUT2D eigenvalue weighted by Crippen LogP contribution is -2.30. The minimum absolute atomic E-state index is 0.145. The number of nitrogens with one attached hydrogen (secondary N) is 1. The molecule has 0 saturated heterocycles. The van der Waals surface area contributed by atoms with Gasteiger partial charge in [0.1, 0.15) is 0 Å². The zero-order valence-electron chi connectivity index (χ0n) is 15.5. The van der Waals surface area contributed by atoms with Crippen LogP contribution >= 0.6 is 0 Å². The van der Waals surface area contributed by atoms with Gasteiger partial charge in [0.25, 0.3) is 0 Å². The van der Waals surface area contributed by atoms with Gasteiger partial charge in [0, 0.05) is 25.7 Å². The van der Waals surface area contributed by atoms with Gasteiger partial charge in [-0.15, -0.1) is 0 Å². The van der Waals surface area contributed by atoms with Crippen LogP contribution in [0.1, 0.15) is 43.5 Å². The Balaban J connectivity index is 2.04. The van der Waals surface area contributed by atoms with Crippen LogP contribution in [0.3, 0.4) is 0 Å². The first-order valence-corrected chi connectivity index (χ1v) is 10.2. The van der Waals surface area contributed by atoms with Crippen LogP contribution in [-0.2, 0) is 16.6 Å². The molecule has 0 aliphatic carbocycles. The average molecular weight is 361 g/mol. The molecule has 2 aromatic carbocycles. The molecular weight excluding hydrogens is 332 g/mol. The van der Waals surface area contributed by atoms with E-state index in [-0.39, 0.29) is 6.04 Å². The largest absolute Gasteiger partial charge is 0.306 e. The smallest absolute Gasteiger partial charge is 0.243 e. The van der Waals surface area contributed by atoms with Gasteiger partial charge in [0.05, 0.1) is 4.90 Å². The number of nitrogens with zero attached hydrogens (tertiary/aromatic N) is 1. The molecule has 0 aromatic heterocycles. The summed E-state index contributed by atoms with van der Waals surface area (Å²) in [6.07, 6.45) is 0. The Kier molecular flexibility index (Phi) is 6.76. The quantitative estimate of drug-likeness (QED) is 0.777. The van der Waals surface area contributed by atoms with Gasteiger partial charge < -0.3 is 5.32 Å². The van der Waals surface area contributed by atoms with Crippen molar-refractivity contribution in [2.45, 2.75) is 45.2 Å². The molecule has 25 heavy (non-hydrogen) atoms. The predicted octanol–water partition coefficient (Wildman–Crippen LogP) is 3.88. The van der Waals surface area contributed by atoms with Crippen LogP contribution in [0, 0.1) is 6.92 Å². The van der Waals surface area contributed by atoms with Gasteiger partial charge in [-0.2, -0.15) is 4.31 Å². The van der Waals surface area contributed by atoms with E-state index < -0.39 is 10.0 Å². The molecule has 0 aliphatic heterocycles. The maximum absolute atomic E-state index is 12.5. The lowest BCUT2D eigenvalue weighted by atomic mass is 10.1. The molecule has 4 nitrogen and oxygen atoms in total. The second kappa shape index (κ2) is 8.61. The van der Waals surface area contributed by atoms with Crippen molar-refractivity contribution in [2.75, 3.05) is 13.1 Å². The average Bonchev–Trinajstić information content (AvgIpc) is 2.62. The lowest BCUT2D eigenvalue weighted by Gasteiger charge is -2.19. The summed E-state index contributed by atoms with van der Waals surface area (Å²) >= 11 is 0. The zero-order valence-corrected chi connectivity index (χ0v) is 16.3. The number of sulfonamides is 1. The van der Waals surface area contributed by atoms with Crippen molar-refractivity contribution >= 4 is 10.0 Å². The predicted molar refractivity (Wildman–Crippen MR) is 103 cm³/mol. The van der Waals surface area contributed by atoms with E-state index in [0.29, 0.717) is 18.0 Å². The third-order valence-corrected chi connectivity index (χ3v) is 6.52. The van der Waals surface area contributed by atoms with E-state index in [1.807, 2.05) is 26.0 Å². The van der Waals surface area contributed by atoms with Gasteiger partial charge in [-0.1, -0.05) is 55.8 Å². The van der Waals surface area contributed by atoms with Gasteiger partial charge in [0.15, 0.2) is 0 Å². The number of hydrogen-bond acceptors (Lipinski definition) is 3. The standard InChI is InChI=1S/C20H28N2O2S/c1-5-22(6-2)25(23,24)20-13-11-19(12-14-20)17(4)21-15-18-9-7-16(3)8-10-18/h7-14,17,21H,5-6,15H2,1-4H3. The van der Waals surface area contributed by atoms with E-state index in [2.05, 4.69) is 43.4 Å². The highest BCUT2D eigenvalue weighted by molar-refractivity contribution is 7.89. The summed E-state index contributed by atoms with van der Waals surface area (Å²) in [4.78, 5) is 0.352. The topological polar surface area (TPSA) is 49.4 Å². The van der Waals surface area contributed by atoms with Crippen molar-refractivity contribution in [2.24, 2.45) is 0 Å². The Labute approximate surface area is 151 Å². The van der Waals surface area contributed by atoms with Crippen molar-refractivity contribution in [3.05, 3.63) is 65.2 Å². The van der Waals surface area contributed by atoms with Gasteiger partial charge in [-0.05, 0) is 37.1 Å². The summed E-state index contributed by atoms with van der Waals surface area (Å²) in [5, 5.41) is 3.48. The van der Waals surface area contributed by atoms with Gasteiger partial charge in [0.2, 0.25) is 10.0 Å². The van der Waals surface area contributed by atoms with Crippen molar-refractivity contribution in [1.29, 1.82) is 0 Å². The fraction of sp³-hybridized carbons (Fsp3) is 0.400. The summed E-state index contributed by atoms with van der Waals surface area (Å²) in [6, 6.07) is 15.8. The lowest BCUT2D eigenvalue weighted by molar-refractivity contribution is 0.445. The summed E-state index contributed by atoms with van der Waals surface area (Å²) in [5.74, 6) is 0. The highest BCUT2D eigenvalue weighted by Crippen LogP contribution is 2.19. The van der Waals surface area contributed by atoms with Crippen LogP contribution in [0.25, 0.3) is 0 Å². The number of benzene rings is 2. The molecule has 0 fully saturated rings. The van der Waals surface area contributed by atoms with Crippen molar-refractivity contribution in [1.82, 2.24) is 9.62 Å². The molecule has 1 N–H and O–H groups in total. The third kappa shape index (κ3) is 4.91. The number of aryl methyl sites for hydroxylation is 1. The first-order valence-electron chi connectivity index (χ1n) is 8.77. The Morgan fingerprint density at radius 1 is 0.960 bits per heavy atom. The molecule has 136 valence electrons. The van der Waals surface area contributed by atoms with Crippen molar-refractivity contribution in [3.63, 3.8) is 0 Å². The number of rotatable bonds is 8. The summed E-state index contributed by atoms with van der Waals surface area (Å²) in [5.41, 5.74) is 3.56. The summed E-state index contributed by atoms with van der Waals surface area (Å²) < 4.78 is 26.5. The van der Waals surface area contributed by atoms with Crippen LogP contribution in [0.2, 0.25) is 0 Å². The monoisotopic (exact) mass is 360 g/mol. The molecule has 0 radical (unpaired) electrons. The summed E-state index contributed by atoms with van der Waals surface area (Å²) in [6.45, 7) is 9.61. The Bertz CT molecular complexity index is 764. The van der Waals surface area contributed by atoms with E-state index in [1.165, 1.54) is 15.4 Å². The van der Waals surface area contributed by atoms with E-state index in [9.17, 15) is 8.42 Å². The molecule has 2 rings (SSSR count). The third-order valence-electron chi connectivity index (χ3n) is 4.46. The first kappa shape index (κ1) is 19.6. The molecule has 0 saturated carbocycles. The molecule has 0 aliphatic rings. The highest BCUT2D eigenvalue weighted by Gasteiger charge is 2.21. The maximum atomic E-state index is 12.5. The number of hydrogen-bond donors (Lipinski definition) is 1. The van der Waals surface area contributed by atoms with Crippen LogP contribution < -0.4 is 5.32 Å². The molecule has 0 spiro atoms. The SMILES string of the molecule is CCN(CC)S(=O)(=O)c1ccc(C(C)NCc2ccc(C)cc2)cc1. The molecule has 5 heteroatoms. The molecule has 1 unspecified atom stereocenters. The van der Waals surface area contributed by atoms with Crippen LogP contribution in [0.5, 0.6) is 0 Å². The first-order chi connectivity index (χ1) is 11.9. The molecular formula is C20H28N2O2S. The van der Waals surface area contributed by atoms with E-state index in [0.717, 1.165) is 12.1 Å². The van der Waals surface area contributed by atoms with Gasteiger partial charge in [-0.25, -0.2) is 8.42 Å². The van der Waals surface area contributed by atoms with Crippen LogP contribution in [-0.4, -0.2) is 25.8 Å².